The van der Waals surface area contributed by atoms with E-state index in [1.54, 1.807) is 0 Å². The van der Waals surface area contributed by atoms with E-state index in [0.29, 0.717) is 11.8 Å². The fourth-order valence-electron chi connectivity index (χ4n) is 10.7. The molecule has 206 valence electrons. The zero-order valence-electron chi connectivity index (χ0n) is 24.6. The molecule has 4 heteroatoms. The molecule has 4 rings (SSSR count). The van der Waals surface area contributed by atoms with Crippen molar-refractivity contribution in [3.05, 3.63) is 11.6 Å². The molecule has 4 saturated carbocycles. The lowest BCUT2D eigenvalue weighted by Gasteiger charge is -2.70. The van der Waals surface area contributed by atoms with Crippen LogP contribution in [0.3, 0.4) is 0 Å². The highest BCUT2D eigenvalue weighted by molar-refractivity contribution is 5.66. The molecule has 0 aromatic heterocycles. The molecule has 36 heavy (non-hydrogen) atoms. The molecule has 4 unspecified atom stereocenters. The van der Waals surface area contributed by atoms with E-state index < -0.39 is 5.60 Å². The fourth-order valence-corrected chi connectivity index (χ4v) is 10.7. The van der Waals surface area contributed by atoms with Gasteiger partial charge in [0.2, 0.25) is 0 Å². The molecule has 2 N–H and O–H groups in total. The van der Waals surface area contributed by atoms with Crippen LogP contribution >= 0.6 is 0 Å². The third-order valence-corrected chi connectivity index (χ3v) is 12.6. The van der Waals surface area contributed by atoms with Crippen molar-refractivity contribution < 1.29 is 19.7 Å². The van der Waals surface area contributed by atoms with Crippen molar-refractivity contribution >= 4 is 5.97 Å². The van der Waals surface area contributed by atoms with E-state index in [0.717, 1.165) is 57.8 Å². The molecule has 0 amide bonds. The van der Waals surface area contributed by atoms with Crippen LogP contribution in [0.25, 0.3) is 0 Å². The number of carbonyl (C=O) groups is 1. The van der Waals surface area contributed by atoms with Gasteiger partial charge in [-0.25, -0.2) is 0 Å². The zero-order valence-corrected chi connectivity index (χ0v) is 24.6. The van der Waals surface area contributed by atoms with Crippen LogP contribution in [-0.2, 0) is 9.53 Å². The van der Waals surface area contributed by atoms with Crippen molar-refractivity contribution in [3.8, 4) is 0 Å². The smallest absolute Gasteiger partial charge is 0.302 e. The zero-order chi connectivity index (χ0) is 26.9. The first-order valence-electron chi connectivity index (χ1n) is 14.7. The van der Waals surface area contributed by atoms with Crippen molar-refractivity contribution in [1.82, 2.24) is 0 Å². The summed E-state index contributed by atoms with van der Waals surface area (Å²) in [5.41, 5.74) is 0.736. The largest absolute Gasteiger partial charge is 0.462 e. The average Bonchev–Trinajstić information content (AvgIpc) is 3.12. The summed E-state index contributed by atoms with van der Waals surface area (Å²) in [6.45, 7) is 19.9. The number of rotatable bonds is 5. The molecule has 4 aliphatic carbocycles. The maximum Gasteiger partial charge on any atom is 0.302 e. The van der Waals surface area contributed by atoms with Crippen LogP contribution in [0.2, 0.25) is 0 Å². The van der Waals surface area contributed by atoms with Gasteiger partial charge in [0.05, 0.1) is 11.7 Å². The molecule has 0 aliphatic heterocycles. The second kappa shape index (κ2) is 9.11. The van der Waals surface area contributed by atoms with Crippen LogP contribution in [-0.4, -0.2) is 34.0 Å². The Morgan fingerprint density at radius 3 is 2.22 bits per heavy atom. The van der Waals surface area contributed by atoms with Crippen LogP contribution in [0.15, 0.2) is 11.6 Å². The van der Waals surface area contributed by atoms with Crippen LogP contribution in [0.5, 0.6) is 0 Å². The highest BCUT2D eigenvalue weighted by Gasteiger charge is 2.71. The van der Waals surface area contributed by atoms with Gasteiger partial charge in [0.1, 0.15) is 6.10 Å². The average molecular weight is 503 g/mol. The maximum atomic E-state index is 11.9. The molecule has 0 aromatic carbocycles. The van der Waals surface area contributed by atoms with E-state index in [2.05, 4.69) is 54.5 Å². The van der Waals surface area contributed by atoms with Gasteiger partial charge in [0.15, 0.2) is 0 Å². The second-order valence-electron chi connectivity index (χ2n) is 15.1. The molecule has 0 heterocycles. The van der Waals surface area contributed by atoms with Gasteiger partial charge in [-0.3, -0.25) is 4.79 Å². The summed E-state index contributed by atoms with van der Waals surface area (Å²) in [5, 5.41) is 23.6. The van der Waals surface area contributed by atoms with Crippen LogP contribution in [0.1, 0.15) is 120 Å². The standard InChI is InChI=1S/C32H54O4/c1-20(2)11-10-15-32(9,35)22-12-17-31(8)27(22)23(34)19-25-29(6)16-14-26(36-21(3)33)28(4,5)24(29)13-18-30(25,31)7/h11,22-27,34-35H,10,12-19H2,1-9H3/t22?,23-,24?,25?,26+,27?,29+,30-,31-,32+/m1/s1. The lowest BCUT2D eigenvalue weighted by atomic mass is 9.35. The number of carbonyl (C=O) groups excluding carboxylic acids is 1. The Morgan fingerprint density at radius 2 is 1.61 bits per heavy atom. The second-order valence-corrected chi connectivity index (χ2v) is 15.1. The summed E-state index contributed by atoms with van der Waals surface area (Å²) in [7, 11) is 0. The summed E-state index contributed by atoms with van der Waals surface area (Å²) in [6, 6.07) is 0. The molecule has 4 fully saturated rings. The van der Waals surface area contributed by atoms with Crippen molar-refractivity contribution in [2.24, 2.45) is 45.3 Å². The Kier molecular flexibility index (Phi) is 7.12. The number of aliphatic hydroxyl groups excluding tert-OH is 1. The van der Waals surface area contributed by atoms with E-state index >= 15 is 0 Å². The normalized spacial score (nSPS) is 47.1. The van der Waals surface area contributed by atoms with Gasteiger partial charge in [-0.1, -0.05) is 46.3 Å². The van der Waals surface area contributed by atoms with Gasteiger partial charge in [0.25, 0.3) is 0 Å². The quantitative estimate of drug-likeness (QED) is 0.312. The molecule has 10 atom stereocenters. The van der Waals surface area contributed by atoms with Crippen molar-refractivity contribution in [2.75, 3.05) is 0 Å². The lowest BCUT2D eigenvalue weighted by molar-refractivity contribution is -0.249. The molecule has 0 aromatic rings. The minimum absolute atomic E-state index is 0.0192. The lowest BCUT2D eigenvalue weighted by Crippen LogP contribution is -2.66. The van der Waals surface area contributed by atoms with Crippen LogP contribution in [0.4, 0.5) is 0 Å². The molecule has 0 radical (unpaired) electrons. The van der Waals surface area contributed by atoms with E-state index in [4.69, 9.17) is 4.74 Å². The first-order valence-corrected chi connectivity index (χ1v) is 14.7. The van der Waals surface area contributed by atoms with E-state index in [-0.39, 0.29) is 51.7 Å². The first kappa shape index (κ1) is 28.1. The molecule has 0 saturated heterocycles. The van der Waals surface area contributed by atoms with Gasteiger partial charge >= 0.3 is 5.97 Å². The number of fused-ring (bicyclic) bond motifs is 5. The van der Waals surface area contributed by atoms with Gasteiger partial charge in [-0.2, -0.15) is 0 Å². The highest BCUT2D eigenvalue weighted by atomic mass is 16.5. The number of allylic oxidation sites excluding steroid dienone is 2. The third kappa shape index (κ3) is 4.12. The van der Waals surface area contributed by atoms with Crippen molar-refractivity contribution in [3.63, 3.8) is 0 Å². The Bertz CT molecular complexity index is 885. The van der Waals surface area contributed by atoms with Gasteiger partial charge in [-0.15, -0.1) is 0 Å². The molecule has 4 aliphatic rings. The summed E-state index contributed by atoms with van der Waals surface area (Å²) in [4.78, 5) is 11.9. The van der Waals surface area contributed by atoms with E-state index in [1.807, 2.05) is 6.92 Å². The summed E-state index contributed by atoms with van der Waals surface area (Å²) in [6.07, 6.45) is 10.7. The molecule has 4 nitrogen and oxygen atoms in total. The SMILES string of the molecule is CC(=O)O[C@H]1CC[C@@]2(C)C(CC[C@]3(C)C2C[C@@H](O)C2C([C@@](C)(O)CCC=C(C)C)CC[C@]23C)C1(C)C. The fraction of sp³-hybridized carbons (Fsp3) is 0.906. The maximum absolute atomic E-state index is 11.9. The van der Waals surface area contributed by atoms with Gasteiger partial charge in [0, 0.05) is 12.3 Å². The predicted octanol–water partition coefficient (Wildman–Crippen LogP) is 7.07. The monoisotopic (exact) mass is 502 g/mol. The number of aliphatic hydroxyl groups is 2. The highest BCUT2D eigenvalue weighted by Crippen LogP contribution is 2.75. The molecule has 0 bridgehead atoms. The number of esters is 1. The molecule has 0 spiro atoms. The van der Waals surface area contributed by atoms with Gasteiger partial charge < -0.3 is 14.9 Å². The number of ether oxygens (including phenoxy) is 1. The van der Waals surface area contributed by atoms with Crippen LogP contribution in [0, 0.1) is 45.3 Å². The Balaban J connectivity index is 1.64. The van der Waals surface area contributed by atoms with Crippen molar-refractivity contribution in [2.45, 2.75) is 138 Å². The van der Waals surface area contributed by atoms with Crippen LogP contribution < -0.4 is 0 Å². The van der Waals surface area contributed by atoms with Gasteiger partial charge in [-0.05, 0) is 118 Å². The summed E-state index contributed by atoms with van der Waals surface area (Å²) >= 11 is 0. The van der Waals surface area contributed by atoms with E-state index in [9.17, 15) is 15.0 Å². The minimum Gasteiger partial charge on any atom is -0.462 e. The number of hydrogen-bond donors (Lipinski definition) is 2. The minimum atomic E-state index is -0.760. The Labute approximate surface area is 220 Å². The molecular formula is C32H54O4. The summed E-state index contributed by atoms with van der Waals surface area (Å²) in [5.74, 6) is 1.02. The Morgan fingerprint density at radius 1 is 0.972 bits per heavy atom. The topological polar surface area (TPSA) is 66.8 Å². The summed E-state index contributed by atoms with van der Waals surface area (Å²) < 4.78 is 5.85. The predicted molar refractivity (Wildman–Crippen MR) is 145 cm³/mol. The Hall–Kier alpha value is -0.870. The van der Waals surface area contributed by atoms with E-state index in [1.165, 1.54) is 12.5 Å². The van der Waals surface area contributed by atoms with Crippen molar-refractivity contribution in [1.29, 1.82) is 0 Å². The number of hydrogen-bond acceptors (Lipinski definition) is 4. The third-order valence-electron chi connectivity index (χ3n) is 12.6. The molecular weight excluding hydrogens is 448 g/mol. The first-order chi connectivity index (χ1) is 16.5.